The van der Waals surface area contributed by atoms with Crippen LogP contribution >= 0.6 is 0 Å². The molecule has 6 atom stereocenters. The van der Waals surface area contributed by atoms with Crippen LogP contribution in [-0.4, -0.2) is 96.0 Å². The topological polar surface area (TPSA) is 186 Å². The van der Waals surface area contributed by atoms with E-state index in [2.05, 4.69) is 50.3 Å². The number of carbonyl (C=O) groups is 2. The number of allylic oxidation sites excluding steroid dienone is 6. The van der Waals surface area contributed by atoms with Gasteiger partial charge in [0.2, 0.25) is 0 Å². The molecule has 0 bridgehead atoms. The van der Waals surface area contributed by atoms with Crippen LogP contribution in [0.25, 0.3) is 0 Å². The van der Waals surface area contributed by atoms with Gasteiger partial charge in [0.25, 0.3) is 10.1 Å². The average molecular weight is 789 g/mol. The Kier molecular flexibility index (Phi) is 29.6. The van der Waals surface area contributed by atoms with Gasteiger partial charge < -0.3 is 34.3 Å². The molecule has 4 N–H and O–H groups in total. The van der Waals surface area contributed by atoms with Crippen LogP contribution < -0.4 is 0 Å². The molecule has 0 aromatic rings. The quantitative estimate of drug-likeness (QED) is 0.0170. The largest absolute Gasteiger partial charge is 0.462 e. The van der Waals surface area contributed by atoms with Crippen LogP contribution in [0.4, 0.5) is 0 Å². The van der Waals surface area contributed by atoms with Gasteiger partial charge in [0.1, 0.15) is 36.8 Å². The van der Waals surface area contributed by atoms with E-state index in [1.807, 2.05) is 0 Å². The van der Waals surface area contributed by atoms with Crippen molar-refractivity contribution in [2.24, 2.45) is 0 Å². The lowest BCUT2D eigenvalue weighted by atomic mass is 10.00. The van der Waals surface area contributed by atoms with E-state index in [-0.39, 0.29) is 19.4 Å². The van der Waals surface area contributed by atoms with E-state index in [1.165, 1.54) is 38.5 Å². The first-order valence-corrected chi connectivity index (χ1v) is 22.2. The molecule has 2 unspecified atom stereocenters. The zero-order valence-electron chi connectivity index (χ0n) is 33.1. The number of carbonyl (C=O) groups excluding carboxylic acids is 2. The van der Waals surface area contributed by atoms with Crippen LogP contribution in [0, 0.1) is 0 Å². The Morgan fingerprint density at radius 3 is 1.70 bits per heavy atom. The smallest absolute Gasteiger partial charge is 0.306 e. The SMILES string of the molecule is CCCC/C=C/CCCCCCCC(=O)OC[C@H](CO[C@H]1O[C@H](CS(=O)(=O)O)[C@@H](O)C(O)C1O)OC(=O)CCCCCCC/C=C/C=C/CCCCCC. The molecule has 1 fully saturated rings. The predicted octanol–water partition coefficient (Wildman–Crippen LogP) is 7.44. The maximum absolute atomic E-state index is 12.7. The fourth-order valence-electron chi connectivity index (χ4n) is 5.94. The van der Waals surface area contributed by atoms with E-state index < -0.39 is 71.2 Å². The summed E-state index contributed by atoms with van der Waals surface area (Å²) in [6.45, 7) is 3.65. The molecule has 0 aromatic carbocycles. The van der Waals surface area contributed by atoms with Crippen molar-refractivity contribution in [2.75, 3.05) is 19.0 Å². The summed E-state index contributed by atoms with van der Waals surface area (Å²) in [5, 5.41) is 30.8. The molecular weight excluding hydrogens is 717 g/mol. The fraction of sp³-hybridized carbons (Fsp3) is 0.805. The van der Waals surface area contributed by atoms with Crippen molar-refractivity contribution in [1.29, 1.82) is 0 Å². The minimum absolute atomic E-state index is 0.145. The van der Waals surface area contributed by atoms with E-state index >= 15 is 0 Å². The van der Waals surface area contributed by atoms with Gasteiger partial charge in [-0.25, -0.2) is 0 Å². The lowest BCUT2D eigenvalue weighted by molar-refractivity contribution is -0.297. The Labute approximate surface area is 325 Å². The Morgan fingerprint density at radius 1 is 0.630 bits per heavy atom. The third-order valence-corrected chi connectivity index (χ3v) is 9.97. The Morgan fingerprint density at radius 2 is 1.13 bits per heavy atom. The molecule has 0 saturated carbocycles. The summed E-state index contributed by atoms with van der Waals surface area (Å²) in [5.41, 5.74) is 0. The summed E-state index contributed by atoms with van der Waals surface area (Å²) < 4.78 is 53.8. The molecule has 13 heteroatoms. The number of hydrogen-bond donors (Lipinski definition) is 4. The summed E-state index contributed by atoms with van der Waals surface area (Å²) in [4.78, 5) is 25.3. The first-order valence-electron chi connectivity index (χ1n) is 20.6. The van der Waals surface area contributed by atoms with E-state index in [4.69, 9.17) is 18.9 Å². The zero-order chi connectivity index (χ0) is 39.9. The molecule has 12 nitrogen and oxygen atoms in total. The summed E-state index contributed by atoms with van der Waals surface area (Å²) in [6, 6.07) is 0. The highest BCUT2D eigenvalue weighted by atomic mass is 32.2. The van der Waals surface area contributed by atoms with Crippen LogP contribution in [0.15, 0.2) is 36.5 Å². The second kappa shape index (κ2) is 32.0. The van der Waals surface area contributed by atoms with Crippen molar-refractivity contribution in [3.63, 3.8) is 0 Å². The molecular formula is C41H72O12S. The van der Waals surface area contributed by atoms with Crippen LogP contribution in [0.2, 0.25) is 0 Å². The molecule has 0 spiro atoms. The van der Waals surface area contributed by atoms with Gasteiger partial charge in [0.05, 0.1) is 6.61 Å². The van der Waals surface area contributed by atoms with Gasteiger partial charge in [-0.05, 0) is 57.8 Å². The number of rotatable bonds is 33. The first-order chi connectivity index (χ1) is 26.0. The van der Waals surface area contributed by atoms with Crippen molar-refractivity contribution in [1.82, 2.24) is 0 Å². The van der Waals surface area contributed by atoms with Gasteiger partial charge in [0, 0.05) is 12.8 Å². The third-order valence-electron chi connectivity index (χ3n) is 9.22. The predicted molar refractivity (Wildman–Crippen MR) is 210 cm³/mol. The number of unbranched alkanes of at least 4 members (excludes halogenated alkanes) is 16. The maximum Gasteiger partial charge on any atom is 0.306 e. The van der Waals surface area contributed by atoms with Gasteiger partial charge in [0.15, 0.2) is 12.4 Å². The molecule has 54 heavy (non-hydrogen) atoms. The number of aliphatic hydroxyl groups is 3. The summed E-state index contributed by atoms with van der Waals surface area (Å²) in [5.74, 6) is -2.02. The molecule has 1 saturated heterocycles. The van der Waals surface area contributed by atoms with Crippen LogP contribution in [0.1, 0.15) is 155 Å². The molecule has 0 radical (unpaired) electrons. The van der Waals surface area contributed by atoms with Gasteiger partial charge in [-0.3, -0.25) is 14.1 Å². The van der Waals surface area contributed by atoms with E-state index in [1.54, 1.807) is 0 Å². The van der Waals surface area contributed by atoms with Crippen molar-refractivity contribution in [3.05, 3.63) is 36.5 Å². The molecule has 1 heterocycles. The first kappa shape index (κ1) is 49.9. The molecule has 314 valence electrons. The summed E-state index contributed by atoms with van der Waals surface area (Å²) in [6.07, 6.45) is 24.8. The highest BCUT2D eigenvalue weighted by Crippen LogP contribution is 2.24. The van der Waals surface area contributed by atoms with E-state index in [0.29, 0.717) is 12.8 Å². The van der Waals surface area contributed by atoms with Crippen LogP contribution in [-0.2, 0) is 38.7 Å². The number of ether oxygens (including phenoxy) is 4. The maximum atomic E-state index is 12.7. The van der Waals surface area contributed by atoms with Gasteiger partial charge in [-0.15, -0.1) is 0 Å². The Bertz CT molecular complexity index is 1150. The molecule has 0 aliphatic carbocycles. The number of hydrogen-bond acceptors (Lipinski definition) is 11. The van der Waals surface area contributed by atoms with Gasteiger partial charge in [-0.2, -0.15) is 8.42 Å². The van der Waals surface area contributed by atoms with E-state index in [0.717, 1.165) is 77.0 Å². The number of aliphatic hydroxyl groups excluding tert-OH is 3. The van der Waals surface area contributed by atoms with Crippen molar-refractivity contribution >= 4 is 22.1 Å². The summed E-state index contributed by atoms with van der Waals surface area (Å²) >= 11 is 0. The second-order valence-corrected chi connectivity index (χ2v) is 15.8. The van der Waals surface area contributed by atoms with Crippen LogP contribution in [0.5, 0.6) is 0 Å². The minimum atomic E-state index is -4.60. The zero-order valence-corrected chi connectivity index (χ0v) is 33.9. The second-order valence-electron chi connectivity index (χ2n) is 14.3. The highest BCUT2D eigenvalue weighted by molar-refractivity contribution is 7.85. The fourth-order valence-corrected chi connectivity index (χ4v) is 6.63. The lowest BCUT2D eigenvalue weighted by Gasteiger charge is -2.40. The molecule has 1 aliphatic heterocycles. The average Bonchev–Trinajstić information content (AvgIpc) is 3.13. The highest BCUT2D eigenvalue weighted by Gasteiger charge is 2.46. The Balaban J connectivity index is 2.52. The Hall–Kier alpha value is -2.13. The van der Waals surface area contributed by atoms with Crippen LogP contribution in [0.3, 0.4) is 0 Å². The third kappa shape index (κ3) is 26.6. The standard InChI is InChI=1S/C41H72O12S/c1-3-5-7-9-11-13-15-16-17-18-20-22-24-26-28-30-37(43)52-34(31-50-36(42)29-27-25-23-21-19-14-12-10-8-6-4-2)32-51-41-40(46)39(45)38(44)35(53-41)33-54(47,48)49/h10,12-13,15-17,34-35,38-41,44-46H,3-9,11,14,18-33H2,1-2H3,(H,47,48,49)/b12-10+,15-13+,17-16+/t34-,35-,38-,39?,40?,41+/m1/s1. The van der Waals surface area contributed by atoms with Gasteiger partial charge in [-0.1, -0.05) is 121 Å². The van der Waals surface area contributed by atoms with Crippen molar-refractivity contribution in [3.8, 4) is 0 Å². The number of esters is 2. The van der Waals surface area contributed by atoms with Crippen molar-refractivity contribution in [2.45, 2.75) is 192 Å². The molecule has 0 aromatic heterocycles. The van der Waals surface area contributed by atoms with Crippen molar-refractivity contribution < 1.29 is 56.8 Å². The molecule has 1 rings (SSSR count). The normalized spacial score (nSPS) is 21.3. The molecule has 0 amide bonds. The minimum Gasteiger partial charge on any atom is -0.462 e. The lowest BCUT2D eigenvalue weighted by Crippen LogP contribution is -2.60. The monoisotopic (exact) mass is 788 g/mol. The summed E-state index contributed by atoms with van der Waals surface area (Å²) in [7, 11) is -4.60. The molecule has 1 aliphatic rings. The van der Waals surface area contributed by atoms with Gasteiger partial charge >= 0.3 is 11.9 Å². The van der Waals surface area contributed by atoms with E-state index in [9.17, 15) is 37.9 Å².